The van der Waals surface area contributed by atoms with E-state index in [0.717, 1.165) is 24.0 Å². The molecule has 0 saturated heterocycles. The van der Waals surface area contributed by atoms with Crippen LogP contribution < -0.4 is 10.3 Å². The fourth-order valence-corrected chi connectivity index (χ4v) is 4.15. The third kappa shape index (κ3) is 5.86. The summed E-state index contributed by atoms with van der Waals surface area (Å²) >= 11 is 0. The molecule has 0 unspecified atom stereocenters. The molecular formula is C29H27NO3. The van der Waals surface area contributed by atoms with Gasteiger partial charge in [-0.2, -0.15) is 0 Å². The molecule has 0 aliphatic rings. The number of aryl methyl sites for hydroxylation is 2. The number of aromatic nitrogens is 1. The Balaban J connectivity index is 1.55. The Kier molecular flexibility index (Phi) is 7.16. The number of carbonyl (C=O) groups excluding carboxylic acids is 1. The zero-order chi connectivity index (χ0) is 23.0. The number of carbonyl (C=O) groups is 1. The maximum absolute atomic E-state index is 12.6. The van der Waals surface area contributed by atoms with Gasteiger partial charge in [-0.15, -0.1) is 0 Å². The molecule has 166 valence electrons. The minimum absolute atomic E-state index is 0.00714. The molecule has 0 aliphatic carbocycles. The normalized spacial score (nSPS) is 10.8. The Morgan fingerprint density at radius 1 is 0.818 bits per heavy atom. The quantitative estimate of drug-likeness (QED) is 0.267. The summed E-state index contributed by atoms with van der Waals surface area (Å²) in [6.07, 6.45) is 3.57. The largest absolute Gasteiger partial charge is 0.427 e. The van der Waals surface area contributed by atoms with Crippen molar-refractivity contribution in [1.29, 1.82) is 0 Å². The highest BCUT2D eigenvalue weighted by atomic mass is 16.5. The maximum Gasteiger partial charge on any atom is 0.308 e. The average molecular weight is 438 g/mol. The van der Waals surface area contributed by atoms with Crippen LogP contribution in [-0.2, 0) is 17.8 Å². The maximum atomic E-state index is 12.6. The van der Waals surface area contributed by atoms with Gasteiger partial charge in [-0.25, -0.2) is 0 Å². The molecule has 0 N–H and O–H groups in total. The Bertz CT molecular complexity index is 1220. The minimum atomic E-state index is -0.332. The second kappa shape index (κ2) is 10.6. The lowest BCUT2D eigenvalue weighted by atomic mass is 9.86. The van der Waals surface area contributed by atoms with Crippen molar-refractivity contribution in [3.63, 3.8) is 0 Å². The van der Waals surface area contributed by atoms with Gasteiger partial charge in [-0.1, -0.05) is 78.9 Å². The van der Waals surface area contributed by atoms with Crippen LogP contribution in [0.3, 0.4) is 0 Å². The van der Waals surface area contributed by atoms with Gasteiger partial charge in [0.05, 0.1) is 0 Å². The molecule has 1 heterocycles. The number of hydrogen-bond donors (Lipinski definition) is 0. The Morgan fingerprint density at radius 3 is 2.12 bits per heavy atom. The monoisotopic (exact) mass is 437 g/mol. The molecule has 0 bridgehead atoms. The molecule has 33 heavy (non-hydrogen) atoms. The molecule has 0 atom stereocenters. The standard InChI is InChI=1S/C29H27NO3/c1-22(31)33-27-16-8-10-23(20-27)11-9-19-30-21-26(17-18-28(30)32)29(24-12-4-2-5-13-24)25-14-6-3-7-15-25/h2-8,10,12-18,20-21,29H,9,11,19H2,1H3. The van der Waals surface area contributed by atoms with Gasteiger partial charge >= 0.3 is 5.97 Å². The van der Waals surface area contributed by atoms with Crippen molar-refractivity contribution >= 4 is 5.97 Å². The summed E-state index contributed by atoms with van der Waals surface area (Å²) in [6.45, 7) is 2.00. The van der Waals surface area contributed by atoms with Crippen LogP contribution in [0.25, 0.3) is 0 Å². The lowest BCUT2D eigenvalue weighted by Gasteiger charge is -2.20. The number of rotatable bonds is 8. The van der Waals surface area contributed by atoms with E-state index < -0.39 is 0 Å². The van der Waals surface area contributed by atoms with E-state index in [1.165, 1.54) is 18.1 Å². The summed E-state index contributed by atoms with van der Waals surface area (Å²) in [5.74, 6) is 0.272. The SMILES string of the molecule is CC(=O)Oc1cccc(CCCn2cc(C(c3ccccc3)c3ccccc3)ccc2=O)c1. The lowest BCUT2D eigenvalue weighted by Crippen LogP contribution is -2.20. The highest BCUT2D eigenvalue weighted by Gasteiger charge is 2.17. The van der Waals surface area contributed by atoms with Crippen LogP contribution in [0.5, 0.6) is 5.75 Å². The van der Waals surface area contributed by atoms with Crippen molar-refractivity contribution in [2.75, 3.05) is 0 Å². The highest BCUT2D eigenvalue weighted by molar-refractivity contribution is 5.69. The number of ether oxygens (including phenoxy) is 1. The topological polar surface area (TPSA) is 48.3 Å². The second-order valence-corrected chi connectivity index (χ2v) is 8.09. The summed E-state index contributed by atoms with van der Waals surface area (Å²) in [6, 6.07) is 31.9. The zero-order valence-corrected chi connectivity index (χ0v) is 18.7. The van der Waals surface area contributed by atoms with E-state index in [1.807, 2.05) is 66.9 Å². The number of hydrogen-bond acceptors (Lipinski definition) is 3. The molecule has 4 nitrogen and oxygen atoms in total. The van der Waals surface area contributed by atoms with E-state index in [-0.39, 0.29) is 17.4 Å². The molecule has 0 amide bonds. The van der Waals surface area contributed by atoms with E-state index in [4.69, 9.17) is 4.74 Å². The molecule has 3 aromatic carbocycles. The first-order valence-corrected chi connectivity index (χ1v) is 11.2. The molecule has 1 aromatic heterocycles. The molecule has 0 saturated carbocycles. The molecule has 4 rings (SSSR count). The smallest absolute Gasteiger partial charge is 0.308 e. The lowest BCUT2D eigenvalue weighted by molar-refractivity contribution is -0.131. The Morgan fingerprint density at radius 2 is 1.48 bits per heavy atom. The van der Waals surface area contributed by atoms with Crippen LogP contribution in [0, 0.1) is 0 Å². The van der Waals surface area contributed by atoms with Crippen molar-refractivity contribution < 1.29 is 9.53 Å². The molecule has 0 fully saturated rings. The second-order valence-electron chi connectivity index (χ2n) is 8.09. The zero-order valence-electron chi connectivity index (χ0n) is 18.7. The summed E-state index contributed by atoms with van der Waals surface area (Å²) in [5.41, 5.74) is 4.54. The molecular weight excluding hydrogens is 410 g/mol. The Labute approximate surface area is 194 Å². The fraction of sp³-hybridized carbons (Fsp3) is 0.172. The summed E-state index contributed by atoms with van der Waals surface area (Å²) < 4.78 is 6.97. The highest BCUT2D eigenvalue weighted by Crippen LogP contribution is 2.31. The van der Waals surface area contributed by atoms with Crippen molar-refractivity contribution in [2.24, 2.45) is 0 Å². The van der Waals surface area contributed by atoms with E-state index >= 15 is 0 Å². The van der Waals surface area contributed by atoms with Gasteiger partial charge in [0, 0.05) is 31.6 Å². The van der Waals surface area contributed by atoms with E-state index in [9.17, 15) is 9.59 Å². The van der Waals surface area contributed by atoms with Crippen LogP contribution in [0.1, 0.15) is 41.5 Å². The van der Waals surface area contributed by atoms with Crippen LogP contribution in [0.4, 0.5) is 0 Å². The van der Waals surface area contributed by atoms with Gasteiger partial charge in [0.2, 0.25) is 0 Å². The summed E-state index contributed by atoms with van der Waals surface area (Å²) in [4.78, 5) is 23.8. The first-order chi connectivity index (χ1) is 16.1. The van der Waals surface area contributed by atoms with Crippen molar-refractivity contribution in [2.45, 2.75) is 32.2 Å². The van der Waals surface area contributed by atoms with Crippen LogP contribution in [-0.4, -0.2) is 10.5 Å². The third-order valence-electron chi connectivity index (χ3n) is 5.63. The van der Waals surface area contributed by atoms with E-state index in [1.54, 1.807) is 16.7 Å². The molecule has 4 aromatic rings. The minimum Gasteiger partial charge on any atom is -0.427 e. The van der Waals surface area contributed by atoms with E-state index in [0.29, 0.717) is 12.3 Å². The Hall–Kier alpha value is -3.92. The molecule has 0 radical (unpaired) electrons. The van der Waals surface area contributed by atoms with Crippen molar-refractivity contribution in [3.8, 4) is 5.75 Å². The average Bonchev–Trinajstić information content (AvgIpc) is 2.82. The van der Waals surface area contributed by atoms with Crippen LogP contribution in [0.15, 0.2) is 108 Å². The number of nitrogens with zero attached hydrogens (tertiary/aromatic N) is 1. The van der Waals surface area contributed by atoms with Crippen molar-refractivity contribution in [1.82, 2.24) is 4.57 Å². The van der Waals surface area contributed by atoms with E-state index in [2.05, 4.69) is 24.3 Å². The number of pyridine rings is 1. The van der Waals surface area contributed by atoms with Crippen LogP contribution in [0.2, 0.25) is 0 Å². The molecule has 0 aliphatic heterocycles. The predicted molar refractivity (Wildman–Crippen MR) is 131 cm³/mol. The number of benzene rings is 3. The molecule has 4 heteroatoms. The predicted octanol–water partition coefficient (Wildman–Crippen LogP) is 5.59. The van der Waals surface area contributed by atoms with Gasteiger partial charge in [-0.05, 0) is 47.2 Å². The van der Waals surface area contributed by atoms with Gasteiger partial charge in [0.15, 0.2) is 0 Å². The number of esters is 1. The van der Waals surface area contributed by atoms with Gasteiger partial charge in [0.1, 0.15) is 5.75 Å². The third-order valence-corrected chi connectivity index (χ3v) is 5.63. The first-order valence-electron chi connectivity index (χ1n) is 11.2. The first kappa shape index (κ1) is 22.3. The fourth-order valence-electron chi connectivity index (χ4n) is 4.15. The summed E-state index contributed by atoms with van der Waals surface area (Å²) in [7, 11) is 0. The van der Waals surface area contributed by atoms with Crippen LogP contribution >= 0.6 is 0 Å². The van der Waals surface area contributed by atoms with Gasteiger partial charge in [0.25, 0.3) is 5.56 Å². The van der Waals surface area contributed by atoms with Crippen molar-refractivity contribution in [3.05, 3.63) is 136 Å². The summed E-state index contributed by atoms with van der Waals surface area (Å²) in [5, 5.41) is 0. The van der Waals surface area contributed by atoms with Gasteiger partial charge < -0.3 is 9.30 Å². The van der Waals surface area contributed by atoms with Gasteiger partial charge in [-0.3, -0.25) is 9.59 Å². The molecule has 0 spiro atoms.